The Bertz CT molecular complexity index is 8.26. The van der Waals surface area contributed by atoms with Crippen LogP contribution in [-0.4, -0.2) is 69.2 Å². The fourth-order valence-electron chi connectivity index (χ4n) is 0. The third kappa shape index (κ3) is 69.3. The van der Waals surface area contributed by atoms with Crippen molar-refractivity contribution in [3.8, 4) is 0 Å². The van der Waals surface area contributed by atoms with Gasteiger partial charge in [0.1, 0.15) is 0 Å². The Hall–Kier alpha value is 4.40. The van der Waals surface area contributed by atoms with Crippen molar-refractivity contribution >= 4 is 139 Å². The first-order valence-electron chi connectivity index (χ1n) is 0.500. The van der Waals surface area contributed by atoms with Crippen LogP contribution in [-0.2, 0) is 70.0 Å². The molecule has 0 N–H and O–H groups in total. The molecule has 0 rings (SSSR count). The molecule has 0 nitrogen and oxygen atoms in total. The third-order valence-electron chi connectivity index (χ3n) is 0. The van der Waals surface area contributed by atoms with Crippen LogP contribution in [0.4, 0.5) is 0 Å². The van der Waals surface area contributed by atoms with E-state index < -0.39 is 0 Å². The second-order valence-electron chi connectivity index (χ2n) is 0. The molecular formula is Mg3S6. The summed E-state index contributed by atoms with van der Waals surface area (Å²) < 4.78 is 0. The molecule has 0 atom stereocenters. The molecular weight excluding hydrogens is 265 g/mol. The first kappa shape index (κ1) is 37.6. The van der Waals surface area contributed by atoms with Gasteiger partial charge in [-0.05, 0) is 0 Å². The van der Waals surface area contributed by atoms with Crippen molar-refractivity contribution in [3.63, 3.8) is 0 Å². The summed E-state index contributed by atoms with van der Waals surface area (Å²) in [6.45, 7) is 0. The van der Waals surface area contributed by atoms with Crippen LogP contribution in [0.15, 0.2) is 0 Å². The fourth-order valence-corrected chi connectivity index (χ4v) is 0. The van der Waals surface area contributed by atoms with E-state index in [0.717, 1.165) is 0 Å². The van der Waals surface area contributed by atoms with Crippen molar-refractivity contribution in [1.29, 1.82) is 0 Å². The van der Waals surface area contributed by atoms with Gasteiger partial charge in [0.15, 0.2) is 0 Å². The molecule has 9 heteroatoms. The van der Waals surface area contributed by atoms with E-state index in [-0.39, 0.29) is 69.2 Å². The van der Waals surface area contributed by atoms with Gasteiger partial charge in [0.2, 0.25) is 0 Å². The maximum atomic E-state index is 3.67. The Morgan fingerprint density at radius 3 is 0.333 bits per heavy atom. The average molecular weight is 265 g/mol. The zero-order chi connectivity index (χ0) is 6.00. The van der Waals surface area contributed by atoms with E-state index in [2.05, 4.69) is 70.0 Å². The Morgan fingerprint density at radius 1 is 0.333 bits per heavy atom. The molecule has 0 spiro atoms. The zero-order valence-electron chi connectivity index (χ0n) is 4.57. The number of hydrogen-bond acceptors (Lipinski definition) is 6. The maximum Gasteiger partial charge on any atom is 2.00 e. The van der Waals surface area contributed by atoms with Gasteiger partial charge >= 0.3 is 69.2 Å². The first-order chi connectivity index (χ1) is 3.00. The summed E-state index contributed by atoms with van der Waals surface area (Å²) in [5.41, 5.74) is 0. The van der Waals surface area contributed by atoms with Gasteiger partial charge in [-0.3, -0.25) is 0 Å². The van der Waals surface area contributed by atoms with E-state index in [0.29, 0.717) is 0 Å². The van der Waals surface area contributed by atoms with Crippen LogP contribution in [0.5, 0.6) is 0 Å². The van der Waals surface area contributed by atoms with Crippen LogP contribution in [0.25, 0.3) is 0 Å². The molecule has 0 aliphatic carbocycles. The molecule has 0 heterocycles. The minimum atomic E-state index is 0. The number of hydrogen-bond donors (Lipinski definition) is 0. The molecule has 0 radical (unpaired) electrons. The van der Waals surface area contributed by atoms with Gasteiger partial charge in [0, 0.05) is 0 Å². The summed E-state index contributed by atoms with van der Waals surface area (Å²) in [4.78, 5) is 0. The Morgan fingerprint density at radius 2 is 0.333 bits per heavy atom. The van der Waals surface area contributed by atoms with Crippen molar-refractivity contribution in [2.24, 2.45) is 0 Å². The SMILES string of the molecule is [Mg+2].[Mg+2].[Mg+2].[S-][S-].[S-][S-].[S-][S-]. The van der Waals surface area contributed by atoms with Crippen LogP contribution in [0, 0.1) is 0 Å². The summed E-state index contributed by atoms with van der Waals surface area (Å²) >= 11 is 22.0. The summed E-state index contributed by atoms with van der Waals surface area (Å²) in [7, 11) is 0. The minimum absolute atomic E-state index is 0. The van der Waals surface area contributed by atoms with Crippen LogP contribution >= 0.6 is 0 Å². The minimum Gasteiger partial charge on any atom is -1.00 e. The Balaban J connectivity index is -0.00000000321. The largest absolute Gasteiger partial charge is 2.00 e. The molecule has 9 heavy (non-hydrogen) atoms. The van der Waals surface area contributed by atoms with E-state index in [1.807, 2.05) is 0 Å². The zero-order valence-corrected chi connectivity index (χ0v) is 13.7. The molecule has 0 aromatic carbocycles. The molecule has 0 saturated heterocycles. The van der Waals surface area contributed by atoms with Crippen LogP contribution in [0.1, 0.15) is 0 Å². The molecule has 0 aliphatic heterocycles. The van der Waals surface area contributed by atoms with Crippen molar-refractivity contribution < 1.29 is 0 Å². The Kier molecular flexibility index (Phi) is 348. The van der Waals surface area contributed by atoms with E-state index in [1.165, 1.54) is 0 Å². The van der Waals surface area contributed by atoms with Gasteiger partial charge in [0.25, 0.3) is 0 Å². The monoisotopic (exact) mass is 264 g/mol. The van der Waals surface area contributed by atoms with E-state index in [4.69, 9.17) is 0 Å². The normalized spacial score (nSPS) is 2.00. The summed E-state index contributed by atoms with van der Waals surface area (Å²) in [5.74, 6) is 0. The summed E-state index contributed by atoms with van der Waals surface area (Å²) in [5, 5.41) is 0. The van der Waals surface area contributed by atoms with Gasteiger partial charge in [-0.1, -0.05) is 0 Å². The molecule has 0 fully saturated rings. The standard InChI is InChI=1S/3Mg.3S2/c;;;3*1-2/q3*+2;3*-2. The molecule has 0 aromatic rings. The average Bonchev–Trinajstić information content (AvgIpc) is 1.81. The van der Waals surface area contributed by atoms with Crippen molar-refractivity contribution in [2.75, 3.05) is 0 Å². The molecule has 0 aliphatic rings. The van der Waals surface area contributed by atoms with Gasteiger partial charge in [-0.25, -0.2) is 0 Å². The molecule has 42 valence electrons. The topological polar surface area (TPSA) is 0 Å². The second-order valence-corrected chi connectivity index (χ2v) is 0. The number of rotatable bonds is 0. The molecule has 0 unspecified atom stereocenters. The molecule has 0 saturated carbocycles. The van der Waals surface area contributed by atoms with E-state index in [1.54, 1.807) is 0 Å². The predicted octanol–water partition coefficient (Wildman–Crippen LogP) is -1.16. The second kappa shape index (κ2) is 83.3. The van der Waals surface area contributed by atoms with Gasteiger partial charge in [-0.15, -0.1) is 0 Å². The maximum absolute atomic E-state index is 3.67. The van der Waals surface area contributed by atoms with Crippen molar-refractivity contribution in [3.05, 3.63) is 0 Å². The van der Waals surface area contributed by atoms with Crippen LogP contribution in [0.3, 0.4) is 0 Å². The summed E-state index contributed by atoms with van der Waals surface area (Å²) in [6, 6.07) is 0. The smallest absolute Gasteiger partial charge is 1.00 e. The van der Waals surface area contributed by atoms with Gasteiger partial charge in [0.05, 0.1) is 0 Å². The third-order valence-corrected chi connectivity index (χ3v) is 0. The molecule has 0 aromatic heterocycles. The predicted molar refractivity (Wildman–Crippen MR) is 61.5 cm³/mol. The van der Waals surface area contributed by atoms with Crippen LogP contribution in [0.2, 0.25) is 0 Å². The fraction of sp³-hybridized carbons (Fsp3) is 0. The summed E-state index contributed by atoms with van der Waals surface area (Å²) in [6.07, 6.45) is 0. The van der Waals surface area contributed by atoms with Gasteiger partial charge < -0.3 is 70.0 Å². The molecule has 0 bridgehead atoms. The van der Waals surface area contributed by atoms with Crippen LogP contribution < -0.4 is 0 Å². The van der Waals surface area contributed by atoms with E-state index in [9.17, 15) is 0 Å². The quantitative estimate of drug-likeness (QED) is 0.306. The van der Waals surface area contributed by atoms with E-state index >= 15 is 0 Å². The van der Waals surface area contributed by atoms with Crippen molar-refractivity contribution in [2.45, 2.75) is 0 Å². The van der Waals surface area contributed by atoms with Gasteiger partial charge in [-0.2, -0.15) is 0 Å². The Labute approximate surface area is 136 Å². The molecule has 0 amide bonds. The first-order valence-corrected chi connectivity index (χ1v) is 4.50. The van der Waals surface area contributed by atoms with Crippen molar-refractivity contribution in [1.82, 2.24) is 0 Å².